The number of allylic oxidation sites excluding steroid dienone is 5. The van der Waals surface area contributed by atoms with Gasteiger partial charge >= 0.3 is 0 Å². The normalized spacial score (nSPS) is 13.3. The van der Waals surface area contributed by atoms with Gasteiger partial charge in [-0.1, -0.05) is 46.3 Å². The topological polar surface area (TPSA) is 12.9 Å². The molecule has 1 nitrogen and oxygen atoms in total. The molecule has 1 rings (SSSR count). The lowest BCUT2D eigenvalue weighted by Crippen LogP contribution is -1.94. The fourth-order valence-electron chi connectivity index (χ4n) is 1.75. The van der Waals surface area contributed by atoms with Crippen LogP contribution >= 0.6 is 15.9 Å². The van der Waals surface area contributed by atoms with E-state index in [1.54, 1.807) is 0 Å². The predicted octanol–water partition coefficient (Wildman–Crippen LogP) is 4.69. The van der Waals surface area contributed by atoms with Crippen molar-refractivity contribution >= 4 is 21.5 Å². The molecule has 0 spiro atoms. The molecule has 17 heavy (non-hydrogen) atoms. The van der Waals surface area contributed by atoms with Crippen LogP contribution in [0.2, 0.25) is 0 Å². The molecule has 0 aromatic carbocycles. The average Bonchev–Trinajstić information content (AvgIpc) is 2.32. The second-order valence-electron chi connectivity index (χ2n) is 4.06. The Morgan fingerprint density at radius 1 is 1.41 bits per heavy atom. The number of pyridine rings is 1. The number of aromatic nitrogens is 1. The zero-order valence-electron chi connectivity index (χ0n) is 10.6. The van der Waals surface area contributed by atoms with Crippen LogP contribution in [0.15, 0.2) is 48.2 Å². The molecule has 2 heteroatoms. The van der Waals surface area contributed by atoms with E-state index in [2.05, 4.69) is 47.4 Å². The smallest absolute Gasteiger partial charge is 0.0373 e. The number of halogens is 1. The first kappa shape index (κ1) is 13.9. The number of hydrogen-bond donors (Lipinski definition) is 0. The molecular weight excluding hydrogens is 274 g/mol. The second kappa shape index (κ2) is 6.55. The molecule has 90 valence electrons. The third-order valence-electron chi connectivity index (χ3n) is 2.59. The SMILES string of the molecule is C=C/C=C(C)/C(=C(\C)CBr)c1ccc(C)nc1. The summed E-state index contributed by atoms with van der Waals surface area (Å²) in [6, 6.07) is 4.16. The van der Waals surface area contributed by atoms with Gasteiger partial charge in [-0.2, -0.15) is 0 Å². The molecule has 0 saturated carbocycles. The standard InChI is InChI=1S/C15H18BrN/c1-5-6-11(2)15(12(3)9-16)14-8-7-13(4)17-10-14/h5-8,10H,1,9H2,2-4H3/b11-6+,15-12-. The van der Waals surface area contributed by atoms with E-state index in [1.807, 2.05) is 31.3 Å². The van der Waals surface area contributed by atoms with Crippen LogP contribution in [0.1, 0.15) is 25.1 Å². The van der Waals surface area contributed by atoms with E-state index >= 15 is 0 Å². The molecule has 0 unspecified atom stereocenters. The summed E-state index contributed by atoms with van der Waals surface area (Å²) in [4.78, 5) is 4.36. The maximum Gasteiger partial charge on any atom is 0.0373 e. The monoisotopic (exact) mass is 291 g/mol. The summed E-state index contributed by atoms with van der Waals surface area (Å²) >= 11 is 3.52. The largest absolute Gasteiger partial charge is 0.261 e. The molecule has 0 N–H and O–H groups in total. The first-order valence-corrected chi connectivity index (χ1v) is 6.70. The summed E-state index contributed by atoms with van der Waals surface area (Å²) in [6.07, 6.45) is 5.77. The fourth-order valence-corrected chi connectivity index (χ4v) is 2.03. The molecule has 0 aliphatic heterocycles. The number of rotatable bonds is 4. The van der Waals surface area contributed by atoms with Gasteiger partial charge in [0.25, 0.3) is 0 Å². The van der Waals surface area contributed by atoms with Gasteiger partial charge in [0.15, 0.2) is 0 Å². The van der Waals surface area contributed by atoms with Crippen LogP contribution in [0.25, 0.3) is 5.57 Å². The highest BCUT2D eigenvalue weighted by Crippen LogP contribution is 2.27. The summed E-state index contributed by atoms with van der Waals surface area (Å²) in [5.74, 6) is 0. The molecule has 0 aliphatic rings. The third kappa shape index (κ3) is 3.67. The van der Waals surface area contributed by atoms with Crippen molar-refractivity contribution in [3.63, 3.8) is 0 Å². The van der Waals surface area contributed by atoms with Crippen molar-refractivity contribution in [2.75, 3.05) is 5.33 Å². The lowest BCUT2D eigenvalue weighted by Gasteiger charge is -2.12. The highest BCUT2D eigenvalue weighted by atomic mass is 79.9. The van der Waals surface area contributed by atoms with E-state index < -0.39 is 0 Å². The predicted molar refractivity (Wildman–Crippen MR) is 79.3 cm³/mol. The molecule has 0 atom stereocenters. The summed E-state index contributed by atoms with van der Waals surface area (Å²) in [6.45, 7) is 9.98. The summed E-state index contributed by atoms with van der Waals surface area (Å²) in [7, 11) is 0. The number of hydrogen-bond acceptors (Lipinski definition) is 1. The zero-order chi connectivity index (χ0) is 12.8. The number of aryl methyl sites for hydroxylation is 1. The van der Waals surface area contributed by atoms with Crippen LogP contribution in [-0.4, -0.2) is 10.3 Å². The zero-order valence-corrected chi connectivity index (χ0v) is 12.2. The third-order valence-corrected chi connectivity index (χ3v) is 3.43. The van der Waals surface area contributed by atoms with Crippen molar-refractivity contribution in [2.24, 2.45) is 0 Å². The minimum Gasteiger partial charge on any atom is -0.261 e. The van der Waals surface area contributed by atoms with Crippen LogP contribution in [0.3, 0.4) is 0 Å². The molecule has 0 fully saturated rings. The minimum atomic E-state index is 0.860. The van der Waals surface area contributed by atoms with Gasteiger partial charge in [0, 0.05) is 22.8 Å². The van der Waals surface area contributed by atoms with Gasteiger partial charge < -0.3 is 0 Å². The molecule has 0 radical (unpaired) electrons. The Hall–Kier alpha value is -1.15. The van der Waals surface area contributed by atoms with E-state index in [4.69, 9.17) is 0 Å². The summed E-state index contributed by atoms with van der Waals surface area (Å²) < 4.78 is 0. The molecule has 1 aromatic heterocycles. The first-order valence-electron chi connectivity index (χ1n) is 5.58. The van der Waals surface area contributed by atoms with Gasteiger partial charge in [-0.05, 0) is 38.0 Å². The maximum absolute atomic E-state index is 4.36. The highest BCUT2D eigenvalue weighted by molar-refractivity contribution is 9.09. The summed E-state index contributed by atoms with van der Waals surface area (Å²) in [5.41, 5.74) is 5.95. The Labute approximate surface area is 112 Å². The molecule has 0 saturated heterocycles. The average molecular weight is 292 g/mol. The van der Waals surface area contributed by atoms with E-state index in [-0.39, 0.29) is 0 Å². The van der Waals surface area contributed by atoms with Crippen molar-refractivity contribution in [3.05, 3.63) is 59.5 Å². The van der Waals surface area contributed by atoms with E-state index in [1.165, 1.54) is 16.7 Å². The van der Waals surface area contributed by atoms with E-state index in [9.17, 15) is 0 Å². The fraction of sp³-hybridized carbons (Fsp3) is 0.267. The lowest BCUT2D eigenvalue weighted by molar-refractivity contribution is 1.18. The molecule has 1 aromatic rings. The van der Waals surface area contributed by atoms with E-state index in [0.717, 1.165) is 16.6 Å². The van der Waals surface area contributed by atoms with Gasteiger partial charge in [-0.3, -0.25) is 4.98 Å². The molecule has 0 amide bonds. The van der Waals surface area contributed by atoms with Crippen molar-refractivity contribution in [2.45, 2.75) is 20.8 Å². The van der Waals surface area contributed by atoms with Gasteiger partial charge in [-0.15, -0.1) is 0 Å². The maximum atomic E-state index is 4.36. The van der Waals surface area contributed by atoms with Crippen LogP contribution in [0.5, 0.6) is 0 Å². The van der Waals surface area contributed by atoms with Crippen LogP contribution in [0.4, 0.5) is 0 Å². The van der Waals surface area contributed by atoms with Gasteiger partial charge in [0.05, 0.1) is 0 Å². The van der Waals surface area contributed by atoms with Crippen LogP contribution in [0, 0.1) is 6.92 Å². The molecular formula is C15H18BrN. The Bertz CT molecular complexity index is 452. The quantitative estimate of drug-likeness (QED) is 0.579. The summed E-state index contributed by atoms with van der Waals surface area (Å²) in [5, 5.41) is 0.860. The van der Waals surface area contributed by atoms with Crippen molar-refractivity contribution in [1.82, 2.24) is 4.98 Å². The van der Waals surface area contributed by atoms with Crippen molar-refractivity contribution in [1.29, 1.82) is 0 Å². The number of alkyl halides is 1. The molecule has 0 aliphatic carbocycles. The Balaban J connectivity index is 3.30. The van der Waals surface area contributed by atoms with Crippen molar-refractivity contribution in [3.8, 4) is 0 Å². The van der Waals surface area contributed by atoms with Crippen molar-refractivity contribution < 1.29 is 0 Å². The molecule has 1 heterocycles. The second-order valence-corrected chi connectivity index (χ2v) is 4.62. The Kier molecular flexibility index (Phi) is 5.36. The lowest BCUT2D eigenvalue weighted by atomic mass is 9.96. The molecule has 0 bridgehead atoms. The highest BCUT2D eigenvalue weighted by Gasteiger charge is 2.07. The van der Waals surface area contributed by atoms with E-state index in [0.29, 0.717) is 0 Å². The van der Waals surface area contributed by atoms with Crippen LogP contribution < -0.4 is 0 Å². The van der Waals surface area contributed by atoms with Gasteiger partial charge in [0.2, 0.25) is 0 Å². The Morgan fingerprint density at radius 2 is 2.12 bits per heavy atom. The van der Waals surface area contributed by atoms with Crippen LogP contribution in [-0.2, 0) is 0 Å². The first-order chi connectivity index (χ1) is 8.10. The minimum absolute atomic E-state index is 0.860. The van der Waals surface area contributed by atoms with Gasteiger partial charge in [-0.25, -0.2) is 0 Å². The number of nitrogens with zero attached hydrogens (tertiary/aromatic N) is 1. The van der Waals surface area contributed by atoms with Gasteiger partial charge in [0.1, 0.15) is 0 Å². The Morgan fingerprint density at radius 3 is 2.59 bits per heavy atom.